The van der Waals surface area contributed by atoms with Gasteiger partial charge in [-0.05, 0) is 107 Å². The van der Waals surface area contributed by atoms with E-state index in [1.54, 1.807) is 6.07 Å². The largest absolute Gasteiger partial charge is 0.204 e. The van der Waals surface area contributed by atoms with Crippen molar-refractivity contribution in [2.75, 3.05) is 0 Å². The molecule has 1 aromatic carbocycles. The van der Waals surface area contributed by atoms with Crippen LogP contribution in [-0.4, -0.2) is 0 Å². The van der Waals surface area contributed by atoms with Crippen LogP contribution < -0.4 is 0 Å². The van der Waals surface area contributed by atoms with E-state index in [9.17, 15) is 8.78 Å². The van der Waals surface area contributed by atoms with Crippen molar-refractivity contribution in [2.24, 2.45) is 17.8 Å². The normalized spacial score (nSPS) is 29.7. The van der Waals surface area contributed by atoms with E-state index in [1.807, 2.05) is 0 Å². The zero-order chi connectivity index (χ0) is 18.5. The maximum atomic E-state index is 13.5. The number of hydrogen-bond acceptors (Lipinski definition) is 0. The summed E-state index contributed by atoms with van der Waals surface area (Å²) in [7, 11) is 0. The van der Waals surface area contributed by atoms with Gasteiger partial charge in [0.25, 0.3) is 0 Å². The van der Waals surface area contributed by atoms with Gasteiger partial charge in [0, 0.05) is 0 Å². The third-order valence-electron chi connectivity index (χ3n) is 6.48. The van der Waals surface area contributed by atoms with Crippen LogP contribution in [0.2, 0.25) is 0 Å². The number of benzene rings is 1. The lowest BCUT2D eigenvalue weighted by atomic mass is 9.68. The van der Waals surface area contributed by atoms with Crippen LogP contribution in [-0.2, 0) is 0 Å². The first-order chi connectivity index (χ1) is 12.5. The molecule has 0 N–H and O–H groups in total. The molecule has 0 aliphatic heterocycles. The predicted octanol–water partition coefficient (Wildman–Crippen LogP) is 7.57. The minimum atomic E-state index is -0.738. The molecule has 1 aromatic rings. The molecule has 0 amide bonds. The standard InChI is InChI=1S/C24H32F2/c1-17(2)4-3-5-18-6-8-19(9-7-18)20-10-12-21(13-11-20)22-14-15-23(25)24(26)16-22/h3-5,14-16,18-21H,6-13H2,1-2H3. The minimum absolute atomic E-state index is 0.407. The molecule has 2 heteroatoms. The molecule has 142 valence electrons. The summed E-state index contributed by atoms with van der Waals surface area (Å²) in [6.07, 6.45) is 16.9. The van der Waals surface area contributed by atoms with Crippen molar-refractivity contribution in [3.8, 4) is 0 Å². The molecule has 2 saturated carbocycles. The Kier molecular flexibility index (Phi) is 6.67. The fraction of sp³-hybridized carbons (Fsp3) is 0.583. The summed E-state index contributed by atoms with van der Waals surface area (Å²) < 4.78 is 26.6. The molecular formula is C24H32F2. The molecule has 0 aromatic heterocycles. The second-order valence-corrected chi connectivity index (χ2v) is 8.59. The predicted molar refractivity (Wildman–Crippen MR) is 105 cm³/mol. The van der Waals surface area contributed by atoms with Crippen molar-refractivity contribution in [2.45, 2.75) is 71.1 Å². The highest BCUT2D eigenvalue weighted by atomic mass is 19.2. The lowest BCUT2D eigenvalue weighted by molar-refractivity contribution is 0.171. The first-order valence-electron chi connectivity index (χ1n) is 10.3. The van der Waals surface area contributed by atoms with Crippen LogP contribution in [0.3, 0.4) is 0 Å². The zero-order valence-electron chi connectivity index (χ0n) is 16.2. The van der Waals surface area contributed by atoms with Crippen LogP contribution in [0, 0.1) is 29.4 Å². The van der Waals surface area contributed by atoms with Gasteiger partial charge in [-0.1, -0.05) is 29.9 Å². The quantitative estimate of drug-likeness (QED) is 0.487. The molecule has 26 heavy (non-hydrogen) atoms. The first kappa shape index (κ1) is 19.3. The van der Waals surface area contributed by atoms with E-state index in [-0.39, 0.29) is 0 Å². The van der Waals surface area contributed by atoms with Gasteiger partial charge in [0.2, 0.25) is 0 Å². The van der Waals surface area contributed by atoms with Crippen LogP contribution in [0.5, 0.6) is 0 Å². The summed E-state index contributed by atoms with van der Waals surface area (Å²) >= 11 is 0. The van der Waals surface area contributed by atoms with Crippen LogP contribution in [0.4, 0.5) is 8.78 Å². The van der Waals surface area contributed by atoms with Gasteiger partial charge in [-0.25, -0.2) is 8.78 Å². The summed E-state index contributed by atoms with van der Waals surface area (Å²) in [6.45, 7) is 4.27. The topological polar surface area (TPSA) is 0 Å². The number of rotatable bonds is 4. The monoisotopic (exact) mass is 358 g/mol. The molecule has 2 aliphatic rings. The highest BCUT2D eigenvalue weighted by Gasteiger charge is 2.30. The fourth-order valence-corrected chi connectivity index (χ4v) is 4.90. The van der Waals surface area contributed by atoms with E-state index in [0.717, 1.165) is 36.2 Å². The van der Waals surface area contributed by atoms with Gasteiger partial charge in [0.05, 0.1) is 0 Å². The van der Waals surface area contributed by atoms with E-state index in [1.165, 1.54) is 56.2 Å². The number of allylic oxidation sites excluding steroid dienone is 4. The Morgan fingerprint density at radius 3 is 2.04 bits per heavy atom. The average Bonchev–Trinajstić information content (AvgIpc) is 2.64. The van der Waals surface area contributed by atoms with Gasteiger partial charge < -0.3 is 0 Å². The Morgan fingerprint density at radius 2 is 1.46 bits per heavy atom. The molecule has 0 bridgehead atoms. The third kappa shape index (κ3) is 5.05. The number of halogens is 2. The van der Waals surface area contributed by atoms with E-state index in [0.29, 0.717) is 5.92 Å². The summed E-state index contributed by atoms with van der Waals surface area (Å²) in [5, 5.41) is 0. The molecule has 2 aliphatic carbocycles. The van der Waals surface area contributed by atoms with Gasteiger partial charge in [0.15, 0.2) is 11.6 Å². The van der Waals surface area contributed by atoms with Gasteiger partial charge in [-0.3, -0.25) is 0 Å². The second kappa shape index (κ2) is 8.97. The smallest absolute Gasteiger partial charge is 0.159 e. The number of hydrogen-bond donors (Lipinski definition) is 0. The zero-order valence-corrected chi connectivity index (χ0v) is 16.2. The molecule has 0 radical (unpaired) electrons. The molecular weight excluding hydrogens is 326 g/mol. The van der Waals surface area contributed by atoms with Crippen molar-refractivity contribution in [1.82, 2.24) is 0 Å². The molecule has 0 atom stereocenters. The summed E-state index contributed by atoms with van der Waals surface area (Å²) in [5.41, 5.74) is 2.34. The van der Waals surface area contributed by atoms with Crippen LogP contribution in [0.15, 0.2) is 42.0 Å². The maximum Gasteiger partial charge on any atom is 0.159 e. The van der Waals surface area contributed by atoms with Crippen molar-refractivity contribution < 1.29 is 8.78 Å². The first-order valence-corrected chi connectivity index (χ1v) is 10.3. The van der Waals surface area contributed by atoms with Crippen LogP contribution in [0.25, 0.3) is 0 Å². The van der Waals surface area contributed by atoms with Gasteiger partial charge in [0.1, 0.15) is 0 Å². The van der Waals surface area contributed by atoms with E-state index < -0.39 is 11.6 Å². The Balaban J connectivity index is 1.46. The van der Waals surface area contributed by atoms with Gasteiger partial charge in [-0.2, -0.15) is 0 Å². The average molecular weight is 359 g/mol. The Bertz CT molecular complexity index is 638. The Labute approximate surface area is 157 Å². The van der Waals surface area contributed by atoms with E-state index in [2.05, 4.69) is 32.1 Å². The van der Waals surface area contributed by atoms with Gasteiger partial charge in [-0.15, -0.1) is 0 Å². The summed E-state index contributed by atoms with van der Waals surface area (Å²) in [4.78, 5) is 0. The van der Waals surface area contributed by atoms with Crippen LogP contribution in [0.1, 0.15) is 76.7 Å². The van der Waals surface area contributed by atoms with Crippen molar-refractivity contribution >= 4 is 0 Å². The maximum absolute atomic E-state index is 13.5. The van der Waals surface area contributed by atoms with Gasteiger partial charge >= 0.3 is 0 Å². The summed E-state index contributed by atoms with van der Waals surface area (Å²) in [6, 6.07) is 4.46. The highest BCUT2D eigenvalue weighted by Crippen LogP contribution is 2.44. The van der Waals surface area contributed by atoms with Crippen molar-refractivity contribution in [3.63, 3.8) is 0 Å². The lowest BCUT2D eigenvalue weighted by Crippen LogP contribution is -2.25. The SMILES string of the molecule is CC(C)=CC=CC1CCC(C2CCC(c3ccc(F)c(F)c3)CC2)CC1. The van der Waals surface area contributed by atoms with Crippen molar-refractivity contribution in [1.29, 1.82) is 0 Å². The third-order valence-corrected chi connectivity index (χ3v) is 6.48. The van der Waals surface area contributed by atoms with Crippen molar-refractivity contribution in [3.05, 3.63) is 59.2 Å². The molecule has 0 heterocycles. The van der Waals surface area contributed by atoms with E-state index in [4.69, 9.17) is 0 Å². The molecule has 0 saturated heterocycles. The van der Waals surface area contributed by atoms with E-state index >= 15 is 0 Å². The molecule has 2 fully saturated rings. The Morgan fingerprint density at radius 1 is 0.846 bits per heavy atom. The fourth-order valence-electron chi connectivity index (χ4n) is 4.90. The second-order valence-electron chi connectivity index (χ2n) is 8.59. The lowest BCUT2D eigenvalue weighted by Gasteiger charge is -2.37. The molecule has 0 unspecified atom stereocenters. The summed E-state index contributed by atoms with van der Waals surface area (Å²) in [5.74, 6) is 1.42. The molecule has 0 nitrogen and oxygen atoms in total. The molecule has 3 rings (SSSR count). The highest BCUT2D eigenvalue weighted by molar-refractivity contribution is 5.22. The Hall–Kier alpha value is -1.44. The van der Waals surface area contributed by atoms with Crippen LogP contribution >= 0.6 is 0 Å². The molecule has 0 spiro atoms. The minimum Gasteiger partial charge on any atom is -0.204 e.